The summed E-state index contributed by atoms with van der Waals surface area (Å²) in [5, 5.41) is 4.01. The number of hydrogen-bond acceptors (Lipinski definition) is 3. The lowest BCUT2D eigenvalue weighted by atomic mass is 10.0. The maximum atomic E-state index is 5.21. The van der Waals surface area contributed by atoms with Crippen LogP contribution in [0.2, 0.25) is 0 Å². The smallest absolute Gasteiger partial charge is 0.167 e. The quantitative estimate of drug-likeness (QED) is 0.773. The molecule has 15 heavy (non-hydrogen) atoms. The molecule has 1 heterocycles. The van der Waals surface area contributed by atoms with E-state index in [-0.39, 0.29) is 7.43 Å². The van der Waals surface area contributed by atoms with E-state index >= 15 is 0 Å². The van der Waals surface area contributed by atoms with Gasteiger partial charge in [0.1, 0.15) is 0 Å². The molecule has 0 atom stereocenters. The largest absolute Gasteiger partial charge is 0.356 e. The summed E-state index contributed by atoms with van der Waals surface area (Å²) >= 11 is 4.20. The summed E-state index contributed by atoms with van der Waals surface area (Å²) < 4.78 is 5.21. The van der Waals surface area contributed by atoms with Crippen molar-refractivity contribution < 1.29 is 4.52 Å². The molecule has 0 fully saturated rings. The van der Waals surface area contributed by atoms with Crippen LogP contribution in [0.25, 0.3) is 12.2 Å². The highest BCUT2D eigenvalue weighted by Crippen LogP contribution is 2.24. The highest BCUT2D eigenvalue weighted by Gasteiger charge is 2.13. The summed E-state index contributed by atoms with van der Waals surface area (Å²) in [5.41, 5.74) is 1.91. The third kappa shape index (κ3) is 3.27. The van der Waals surface area contributed by atoms with Crippen molar-refractivity contribution in [2.45, 2.75) is 34.1 Å². The van der Waals surface area contributed by atoms with Crippen LogP contribution in [0, 0.1) is 0 Å². The maximum Gasteiger partial charge on any atom is 0.167 e. The first-order valence-corrected chi connectivity index (χ1v) is 5.00. The van der Waals surface area contributed by atoms with Crippen molar-refractivity contribution in [1.29, 1.82) is 0 Å². The standard InChI is InChI=1S/C11H15NOS.CH4/c1-5-9-10(6-8(4)14)13-12-11(9)7(2)3;/h5-7,14H,1H2,2-4H3;1H4/b8-6+;. The Balaban J connectivity index is 0.00000196. The number of allylic oxidation sites excluding steroid dienone is 1. The van der Waals surface area contributed by atoms with Crippen molar-refractivity contribution in [2.24, 2.45) is 0 Å². The van der Waals surface area contributed by atoms with Crippen LogP contribution in [0.15, 0.2) is 16.0 Å². The summed E-state index contributed by atoms with van der Waals surface area (Å²) in [6.07, 6.45) is 3.62. The van der Waals surface area contributed by atoms with Gasteiger partial charge in [0.2, 0.25) is 0 Å². The molecule has 0 saturated carbocycles. The predicted octanol–water partition coefficient (Wildman–Crippen LogP) is 4.37. The molecule has 0 unspecified atom stereocenters. The van der Waals surface area contributed by atoms with Crippen LogP contribution in [0.3, 0.4) is 0 Å². The molecule has 1 aromatic rings. The van der Waals surface area contributed by atoms with Gasteiger partial charge in [-0.1, -0.05) is 39.1 Å². The van der Waals surface area contributed by atoms with E-state index in [0.717, 1.165) is 21.9 Å². The molecule has 0 bridgehead atoms. The van der Waals surface area contributed by atoms with Gasteiger partial charge in [0.25, 0.3) is 0 Å². The number of thiol groups is 1. The number of nitrogens with zero attached hydrogens (tertiary/aromatic N) is 1. The molecule has 0 aliphatic heterocycles. The molecule has 0 radical (unpaired) electrons. The lowest BCUT2D eigenvalue weighted by molar-refractivity contribution is 0.402. The third-order valence-electron chi connectivity index (χ3n) is 1.87. The van der Waals surface area contributed by atoms with Gasteiger partial charge in [-0.2, -0.15) is 0 Å². The summed E-state index contributed by atoms with van der Waals surface area (Å²) in [6, 6.07) is 0. The highest BCUT2D eigenvalue weighted by atomic mass is 32.1. The van der Waals surface area contributed by atoms with Gasteiger partial charge in [-0.25, -0.2) is 0 Å². The Bertz CT molecular complexity index is 360. The molecule has 2 nitrogen and oxygen atoms in total. The minimum Gasteiger partial charge on any atom is -0.356 e. The summed E-state index contributed by atoms with van der Waals surface area (Å²) in [6.45, 7) is 9.81. The molecule has 0 amide bonds. The molecule has 0 N–H and O–H groups in total. The van der Waals surface area contributed by atoms with E-state index in [1.165, 1.54) is 0 Å². The van der Waals surface area contributed by atoms with Crippen molar-refractivity contribution >= 4 is 24.8 Å². The Hall–Kier alpha value is -0.960. The van der Waals surface area contributed by atoms with Crippen LogP contribution in [-0.4, -0.2) is 5.16 Å². The van der Waals surface area contributed by atoms with Crippen LogP contribution < -0.4 is 0 Å². The lowest BCUT2D eigenvalue weighted by Crippen LogP contribution is -1.89. The van der Waals surface area contributed by atoms with Crippen LogP contribution in [0.4, 0.5) is 0 Å². The first-order chi connectivity index (χ1) is 6.56. The van der Waals surface area contributed by atoms with Gasteiger partial charge in [0, 0.05) is 5.56 Å². The van der Waals surface area contributed by atoms with Gasteiger partial charge in [-0.05, 0) is 23.8 Å². The first kappa shape index (κ1) is 14.0. The molecule has 0 aliphatic carbocycles. The van der Waals surface area contributed by atoms with Crippen LogP contribution in [0.5, 0.6) is 0 Å². The van der Waals surface area contributed by atoms with E-state index in [1.54, 1.807) is 6.08 Å². The molecule has 1 aromatic heterocycles. The zero-order valence-corrected chi connectivity index (χ0v) is 9.64. The highest BCUT2D eigenvalue weighted by molar-refractivity contribution is 7.84. The van der Waals surface area contributed by atoms with Gasteiger partial charge < -0.3 is 4.52 Å². The summed E-state index contributed by atoms with van der Waals surface area (Å²) in [5.74, 6) is 1.07. The lowest BCUT2D eigenvalue weighted by Gasteiger charge is -1.99. The summed E-state index contributed by atoms with van der Waals surface area (Å²) in [4.78, 5) is 0.888. The van der Waals surface area contributed by atoms with E-state index in [2.05, 4.69) is 38.2 Å². The minimum absolute atomic E-state index is 0. The van der Waals surface area contributed by atoms with E-state index in [9.17, 15) is 0 Å². The number of rotatable bonds is 3. The van der Waals surface area contributed by atoms with Gasteiger partial charge in [0.05, 0.1) is 5.69 Å². The molecule has 1 rings (SSSR count). The Labute approximate surface area is 97.5 Å². The topological polar surface area (TPSA) is 26.0 Å². The Morgan fingerprint density at radius 1 is 1.53 bits per heavy atom. The maximum absolute atomic E-state index is 5.21. The molecular formula is C12H19NOS. The molecule has 0 aliphatic rings. The molecule has 3 heteroatoms. The van der Waals surface area contributed by atoms with Crippen LogP contribution in [-0.2, 0) is 0 Å². The van der Waals surface area contributed by atoms with Crippen molar-refractivity contribution in [3.8, 4) is 0 Å². The second kappa shape index (κ2) is 5.81. The Morgan fingerprint density at radius 2 is 2.13 bits per heavy atom. The van der Waals surface area contributed by atoms with Gasteiger partial charge >= 0.3 is 0 Å². The second-order valence-corrected chi connectivity index (χ2v) is 4.20. The fourth-order valence-electron chi connectivity index (χ4n) is 1.24. The second-order valence-electron chi connectivity index (χ2n) is 3.49. The van der Waals surface area contributed by atoms with Crippen LogP contribution in [0.1, 0.15) is 51.1 Å². The first-order valence-electron chi connectivity index (χ1n) is 4.55. The van der Waals surface area contributed by atoms with E-state index in [1.807, 2.05) is 13.0 Å². The zero-order chi connectivity index (χ0) is 10.7. The zero-order valence-electron chi connectivity index (χ0n) is 8.74. The average molecular weight is 225 g/mol. The summed E-state index contributed by atoms with van der Waals surface area (Å²) in [7, 11) is 0. The fraction of sp³-hybridized carbons (Fsp3) is 0.417. The van der Waals surface area contributed by atoms with E-state index < -0.39 is 0 Å². The Morgan fingerprint density at radius 3 is 2.53 bits per heavy atom. The predicted molar refractivity (Wildman–Crippen MR) is 70.1 cm³/mol. The van der Waals surface area contributed by atoms with Crippen molar-refractivity contribution in [2.75, 3.05) is 0 Å². The normalized spacial score (nSPS) is 11.4. The van der Waals surface area contributed by atoms with Crippen molar-refractivity contribution in [1.82, 2.24) is 5.16 Å². The van der Waals surface area contributed by atoms with Gasteiger partial charge in [-0.3, -0.25) is 0 Å². The SMILES string of the molecule is C.C=Cc1c(C(C)C)noc1/C=C(\C)S. The monoisotopic (exact) mass is 225 g/mol. The molecular weight excluding hydrogens is 206 g/mol. The Kier molecular flexibility index (Phi) is 5.44. The van der Waals surface area contributed by atoms with Crippen molar-refractivity contribution in [3.05, 3.63) is 28.5 Å². The average Bonchev–Trinajstić information content (AvgIpc) is 2.46. The van der Waals surface area contributed by atoms with Crippen molar-refractivity contribution in [3.63, 3.8) is 0 Å². The minimum atomic E-state index is 0. The van der Waals surface area contributed by atoms with Gasteiger partial charge in [-0.15, -0.1) is 12.6 Å². The number of hydrogen-bond donors (Lipinski definition) is 1. The third-order valence-corrected chi connectivity index (χ3v) is 2.00. The molecule has 84 valence electrons. The molecule has 0 saturated heterocycles. The molecule has 0 aromatic carbocycles. The molecule has 0 spiro atoms. The fourth-order valence-corrected chi connectivity index (χ4v) is 1.36. The van der Waals surface area contributed by atoms with E-state index in [0.29, 0.717) is 5.92 Å². The van der Waals surface area contributed by atoms with E-state index in [4.69, 9.17) is 4.52 Å². The van der Waals surface area contributed by atoms with Crippen LogP contribution >= 0.6 is 12.6 Å². The van der Waals surface area contributed by atoms with Gasteiger partial charge in [0.15, 0.2) is 5.76 Å². The number of aromatic nitrogens is 1.